The van der Waals surface area contributed by atoms with Crippen LogP contribution in [-0.2, 0) is 6.42 Å². The van der Waals surface area contributed by atoms with Crippen LogP contribution in [0.4, 0.5) is 5.82 Å². The molecule has 0 amide bonds. The van der Waals surface area contributed by atoms with Gasteiger partial charge in [0.15, 0.2) is 0 Å². The van der Waals surface area contributed by atoms with Crippen molar-refractivity contribution >= 4 is 28.5 Å². The Bertz CT molecular complexity index is 445. The SMILES string of the molecule is CCc1sc(-c2scnc2C)nc1N. The molecule has 0 spiro atoms. The van der Waals surface area contributed by atoms with Crippen molar-refractivity contribution in [1.82, 2.24) is 9.97 Å². The molecule has 0 aliphatic carbocycles. The number of hydrogen-bond donors (Lipinski definition) is 1. The fraction of sp³-hybridized carbons (Fsp3) is 0.333. The molecular weight excluding hydrogens is 214 g/mol. The maximum absolute atomic E-state index is 5.79. The fourth-order valence-electron chi connectivity index (χ4n) is 1.22. The molecule has 5 heteroatoms. The average Bonchev–Trinajstić information content (AvgIpc) is 2.71. The van der Waals surface area contributed by atoms with E-state index >= 15 is 0 Å². The highest BCUT2D eigenvalue weighted by Gasteiger charge is 2.12. The second kappa shape index (κ2) is 3.67. The number of thiazole rings is 2. The molecule has 0 aliphatic heterocycles. The number of nitrogens with two attached hydrogens (primary N) is 1. The van der Waals surface area contributed by atoms with Crippen LogP contribution in [-0.4, -0.2) is 9.97 Å². The normalized spacial score (nSPS) is 10.7. The molecule has 2 heterocycles. The van der Waals surface area contributed by atoms with E-state index in [4.69, 9.17) is 5.73 Å². The molecule has 2 aromatic heterocycles. The second-order valence-corrected chi connectivity index (χ2v) is 4.89. The van der Waals surface area contributed by atoms with Crippen molar-refractivity contribution in [2.24, 2.45) is 0 Å². The molecule has 3 nitrogen and oxygen atoms in total. The average molecular weight is 225 g/mol. The molecule has 2 N–H and O–H groups in total. The van der Waals surface area contributed by atoms with Gasteiger partial charge < -0.3 is 5.73 Å². The predicted octanol–water partition coefficient (Wildman–Crippen LogP) is 2.72. The van der Waals surface area contributed by atoms with Gasteiger partial charge in [0.25, 0.3) is 0 Å². The van der Waals surface area contributed by atoms with Gasteiger partial charge in [0.05, 0.1) is 16.1 Å². The Kier molecular flexibility index (Phi) is 2.52. The molecule has 0 radical (unpaired) electrons. The van der Waals surface area contributed by atoms with E-state index in [2.05, 4.69) is 16.9 Å². The molecule has 0 unspecified atom stereocenters. The first kappa shape index (κ1) is 9.61. The zero-order valence-electron chi connectivity index (χ0n) is 8.07. The standard InChI is InChI=1S/C9H11N3S2/c1-3-6-8(10)12-9(14-6)7-5(2)11-4-13-7/h4H,3,10H2,1-2H3. The third-order valence-electron chi connectivity index (χ3n) is 1.99. The molecule has 0 saturated heterocycles. The van der Waals surface area contributed by atoms with Gasteiger partial charge in [-0.2, -0.15) is 0 Å². The summed E-state index contributed by atoms with van der Waals surface area (Å²) in [4.78, 5) is 10.9. The van der Waals surface area contributed by atoms with E-state index in [0.29, 0.717) is 5.82 Å². The van der Waals surface area contributed by atoms with Gasteiger partial charge in [-0.05, 0) is 13.3 Å². The molecule has 0 bridgehead atoms. The van der Waals surface area contributed by atoms with E-state index in [1.54, 1.807) is 22.7 Å². The lowest BCUT2D eigenvalue weighted by molar-refractivity contribution is 1.17. The zero-order chi connectivity index (χ0) is 10.1. The minimum atomic E-state index is 0.667. The molecule has 0 saturated carbocycles. The van der Waals surface area contributed by atoms with Crippen molar-refractivity contribution in [2.75, 3.05) is 5.73 Å². The Morgan fingerprint density at radius 1 is 1.50 bits per heavy atom. The topological polar surface area (TPSA) is 51.8 Å². The summed E-state index contributed by atoms with van der Waals surface area (Å²) < 4.78 is 0. The Labute approximate surface area is 90.6 Å². The fourth-order valence-corrected chi connectivity index (χ4v) is 3.09. The maximum atomic E-state index is 5.79. The van der Waals surface area contributed by atoms with Gasteiger partial charge in [0.2, 0.25) is 0 Å². The first-order chi connectivity index (χ1) is 6.72. The molecule has 0 aromatic carbocycles. The van der Waals surface area contributed by atoms with E-state index in [1.165, 1.54) is 0 Å². The molecular formula is C9H11N3S2. The Hall–Kier alpha value is -0.940. The van der Waals surface area contributed by atoms with E-state index in [1.807, 2.05) is 12.4 Å². The summed E-state index contributed by atoms with van der Waals surface area (Å²) in [5.74, 6) is 0.667. The van der Waals surface area contributed by atoms with Gasteiger partial charge in [0.1, 0.15) is 10.8 Å². The first-order valence-electron chi connectivity index (χ1n) is 4.38. The van der Waals surface area contributed by atoms with Crippen LogP contribution in [0.2, 0.25) is 0 Å². The molecule has 0 atom stereocenters. The highest BCUT2D eigenvalue weighted by Crippen LogP contribution is 2.33. The van der Waals surface area contributed by atoms with Gasteiger partial charge in [-0.1, -0.05) is 6.92 Å². The molecule has 0 fully saturated rings. The van der Waals surface area contributed by atoms with Crippen LogP contribution < -0.4 is 5.73 Å². The summed E-state index contributed by atoms with van der Waals surface area (Å²) in [6, 6.07) is 0. The number of anilines is 1. The van der Waals surface area contributed by atoms with Crippen molar-refractivity contribution in [3.63, 3.8) is 0 Å². The van der Waals surface area contributed by atoms with E-state index in [9.17, 15) is 0 Å². The third-order valence-corrected chi connectivity index (χ3v) is 4.29. The quantitative estimate of drug-likeness (QED) is 0.855. The van der Waals surface area contributed by atoms with Gasteiger partial charge in [0, 0.05) is 4.88 Å². The largest absolute Gasteiger partial charge is 0.383 e. The Balaban J connectivity index is 2.47. The lowest BCUT2D eigenvalue weighted by atomic mass is 10.4. The molecule has 14 heavy (non-hydrogen) atoms. The van der Waals surface area contributed by atoms with Crippen LogP contribution >= 0.6 is 22.7 Å². The van der Waals surface area contributed by atoms with Crippen molar-refractivity contribution in [3.8, 4) is 9.88 Å². The Morgan fingerprint density at radius 2 is 2.29 bits per heavy atom. The van der Waals surface area contributed by atoms with Crippen molar-refractivity contribution < 1.29 is 0 Å². The third kappa shape index (κ3) is 1.53. The van der Waals surface area contributed by atoms with E-state index in [0.717, 1.165) is 26.9 Å². The second-order valence-electron chi connectivity index (χ2n) is 2.95. The summed E-state index contributed by atoms with van der Waals surface area (Å²) in [5, 5.41) is 0.999. The van der Waals surface area contributed by atoms with Crippen LogP contribution in [0.25, 0.3) is 9.88 Å². The number of aryl methyl sites for hydroxylation is 2. The van der Waals surface area contributed by atoms with Crippen LogP contribution in [0.3, 0.4) is 0 Å². The molecule has 0 aliphatic rings. The highest BCUT2D eigenvalue weighted by atomic mass is 32.1. The summed E-state index contributed by atoms with van der Waals surface area (Å²) in [6.45, 7) is 4.09. The lowest BCUT2D eigenvalue weighted by Gasteiger charge is -1.89. The van der Waals surface area contributed by atoms with Gasteiger partial charge >= 0.3 is 0 Å². The highest BCUT2D eigenvalue weighted by molar-refractivity contribution is 7.21. The van der Waals surface area contributed by atoms with Gasteiger partial charge in [-0.3, -0.25) is 0 Å². The maximum Gasteiger partial charge on any atom is 0.138 e. The minimum Gasteiger partial charge on any atom is -0.383 e. The smallest absolute Gasteiger partial charge is 0.138 e. The summed E-state index contributed by atoms with van der Waals surface area (Å²) >= 11 is 3.28. The van der Waals surface area contributed by atoms with Crippen LogP contribution in [0, 0.1) is 6.92 Å². The van der Waals surface area contributed by atoms with E-state index in [-0.39, 0.29) is 0 Å². The summed E-state index contributed by atoms with van der Waals surface area (Å²) in [5.41, 5.74) is 8.67. The molecule has 2 rings (SSSR count). The number of aromatic nitrogens is 2. The first-order valence-corrected chi connectivity index (χ1v) is 6.07. The van der Waals surface area contributed by atoms with Gasteiger partial charge in [-0.25, -0.2) is 9.97 Å². The van der Waals surface area contributed by atoms with Crippen LogP contribution in [0.1, 0.15) is 17.5 Å². The minimum absolute atomic E-state index is 0.667. The number of nitrogen functional groups attached to an aromatic ring is 1. The lowest BCUT2D eigenvalue weighted by Crippen LogP contribution is -1.88. The number of rotatable bonds is 2. The number of nitrogens with zero attached hydrogens (tertiary/aromatic N) is 2. The molecule has 74 valence electrons. The Morgan fingerprint density at radius 3 is 2.79 bits per heavy atom. The molecule has 2 aromatic rings. The van der Waals surface area contributed by atoms with Gasteiger partial charge in [-0.15, -0.1) is 22.7 Å². The monoisotopic (exact) mass is 225 g/mol. The summed E-state index contributed by atoms with van der Waals surface area (Å²) in [7, 11) is 0. The van der Waals surface area contributed by atoms with Crippen molar-refractivity contribution in [1.29, 1.82) is 0 Å². The van der Waals surface area contributed by atoms with Crippen molar-refractivity contribution in [3.05, 3.63) is 16.1 Å². The zero-order valence-corrected chi connectivity index (χ0v) is 9.71. The van der Waals surface area contributed by atoms with Crippen molar-refractivity contribution in [2.45, 2.75) is 20.3 Å². The van der Waals surface area contributed by atoms with E-state index < -0.39 is 0 Å². The van der Waals surface area contributed by atoms with Crippen LogP contribution in [0.5, 0.6) is 0 Å². The summed E-state index contributed by atoms with van der Waals surface area (Å²) in [6.07, 6.45) is 0.946. The van der Waals surface area contributed by atoms with Crippen LogP contribution in [0.15, 0.2) is 5.51 Å². The number of hydrogen-bond acceptors (Lipinski definition) is 5. The predicted molar refractivity (Wildman–Crippen MR) is 61.7 cm³/mol.